The van der Waals surface area contributed by atoms with Crippen LogP contribution in [-0.2, 0) is 0 Å². The first-order valence-electron chi connectivity index (χ1n) is 6.77. The first-order valence-corrected chi connectivity index (χ1v) is 8.72. The van der Waals surface area contributed by atoms with Crippen LogP contribution in [-0.4, -0.2) is 25.0 Å². The van der Waals surface area contributed by atoms with E-state index in [1.807, 2.05) is 0 Å². The average molecular weight is 392 g/mol. The second-order valence-corrected chi connectivity index (χ2v) is 7.43. The van der Waals surface area contributed by atoms with E-state index in [1.54, 1.807) is 0 Å². The summed E-state index contributed by atoms with van der Waals surface area (Å²) in [5.74, 6) is -0.265. The molecule has 6 nitrogen and oxygen atoms in total. The van der Waals surface area contributed by atoms with Crippen molar-refractivity contribution in [1.82, 2.24) is 19.9 Å². The Kier molecular flexibility index (Phi) is 3.58. The molecule has 26 heavy (non-hydrogen) atoms. The van der Waals surface area contributed by atoms with Gasteiger partial charge in [-0.05, 0) is 24.3 Å². The highest BCUT2D eigenvalue weighted by atomic mass is 32.5. The number of benzene rings is 1. The summed E-state index contributed by atoms with van der Waals surface area (Å²) in [6.45, 7) is 0. The molecule has 12 heteroatoms. The van der Waals surface area contributed by atoms with Gasteiger partial charge in [0.05, 0.1) is 0 Å². The normalized spacial score (nSPS) is 14.3. The van der Waals surface area contributed by atoms with Gasteiger partial charge in [-0.15, -0.1) is 0 Å². The van der Waals surface area contributed by atoms with E-state index in [0.29, 0.717) is 5.56 Å². The van der Waals surface area contributed by atoms with Crippen molar-refractivity contribution in [3.8, 4) is 28.9 Å². The molecule has 0 radical (unpaired) electrons. The molecule has 0 fully saturated rings. The number of ether oxygens (including phenoxy) is 1. The maximum Gasteiger partial charge on any atom is 0.313 e. The number of rotatable bonds is 4. The van der Waals surface area contributed by atoms with Crippen molar-refractivity contribution >= 4 is 10.2 Å². The third kappa shape index (κ3) is 3.96. The lowest BCUT2D eigenvalue weighted by Gasteiger charge is -2.40. The molecule has 2 aromatic heterocycles. The van der Waals surface area contributed by atoms with Gasteiger partial charge in [-0.25, -0.2) is 19.9 Å². The minimum Gasteiger partial charge on any atom is -0.479 e. The molecule has 1 N–H and O–H groups in total. The molecule has 0 spiro atoms. The molecule has 0 atom stereocenters. The first kappa shape index (κ1) is 17.8. The van der Waals surface area contributed by atoms with Crippen molar-refractivity contribution in [2.45, 2.75) is 4.90 Å². The number of hydrogen-bond donors (Lipinski definition) is 1. The zero-order valence-electron chi connectivity index (χ0n) is 12.6. The summed E-state index contributed by atoms with van der Waals surface area (Å²) in [6.07, 6.45) is 5.06. The molecule has 0 aliphatic rings. The van der Waals surface area contributed by atoms with Crippen molar-refractivity contribution in [2.24, 2.45) is 0 Å². The highest BCUT2D eigenvalue weighted by molar-refractivity contribution is 8.45. The van der Waals surface area contributed by atoms with Gasteiger partial charge in [0, 0.05) is 30.4 Å². The second-order valence-electron chi connectivity index (χ2n) is 5.02. The lowest BCUT2D eigenvalue weighted by molar-refractivity contribution is 0.363. The Morgan fingerprint density at radius 1 is 0.808 bits per heavy atom. The summed E-state index contributed by atoms with van der Waals surface area (Å²) < 4.78 is 69.0. The van der Waals surface area contributed by atoms with Crippen molar-refractivity contribution in [2.75, 3.05) is 0 Å². The van der Waals surface area contributed by atoms with Crippen LogP contribution in [0.15, 0.2) is 53.9 Å². The third-order valence-corrected chi connectivity index (χ3v) is 4.22. The van der Waals surface area contributed by atoms with Crippen LogP contribution in [0.2, 0.25) is 0 Å². The maximum atomic E-state index is 12.7. The van der Waals surface area contributed by atoms with Gasteiger partial charge in [-0.2, -0.15) is 0 Å². The fraction of sp³-hybridized carbons (Fsp3) is 0. The molecular formula is C14H9F5N4O2S. The molecule has 0 amide bonds. The Labute approximate surface area is 143 Å². The van der Waals surface area contributed by atoms with Gasteiger partial charge in [0.25, 0.3) is 0 Å². The lowest BCUT2D eigenvalue weighted by atomic mass is 10.2. The monoisotopic (exact) mass is 392 g/mol. The molecule has 2 heterocycles. The lowest BCUT2D eigenvalue weighted by Crippen LogP contribution is -2.05. The minimum atomic E-state index is -9.75. The number of halogens is 5. The van der Waals surface area contributed by atoms with Crippen LogP contribution in [0.3, 0.4) is 0 Å². The molecule has 0 saturated heterocycles. The van der Waals surface area contributed by atoms with Gasteiger partial charge in [0.15, 0.2) is 0 Å². The van der Waals surface area contributed by atoms with E-state index in [-0.39, 0.29) is 29.5 Å². The zero-order chi connectivity index (χ0) is 19.1. The standard InChI is InChI=1S/C14H9F5N4O2S/c15-26(16,17,18,19)11-3-1-10(2-4-11)25-13-12(20-5-6-21-13)9-7-22-14(24)23-8-9/h1-8H,(H,22,23,24). The minimum absolute atomic E-state index is 0.109. The highest BCUT2D eigenvalue weighted by Crippen LogP contribution is 3.02. The summed E-state index contributed by atoms with van der Waals surface area (Å²) >= 11 is 0. The summed E-state index contributed by atoms with van der Waals surface area (Å²) in [4.78, 5) is 13.0. The van der Waals surface area contributed by atoms with E-state index in [4.69, 9.17) is 9.84 Å². The number of aromatic hydroxyl groups is 1. The van der Waals surface area contributed by atoms with Crippen LogP contribution >= 0.6 is 10.2 Å². The van der Waals surface area contributed by atoms with E-state index in [9.17, 15) is 19.4 Å². The molecule has 3 aromatic rings. The van der Waals surface area contributed by atoms with Gasteiger partial charge in [-0.1, -0.05) is 19.4 Å². The number of aromatic nitrogens is 4. The predicted molar refractivity (Wildman–Crippen MR) is 82.6 cm³/mol. The molecule has 3 rings (SSSR count). The van der Waals surface area contributed by atoms with Crippen LogP contribution < -0.4 is 4.74 Å². The van der Waals surface area contributed by atoms with Crippen molar-refractivity contribution in [1.29, 1.82) is 0 Å². The summed E-state index contributed by atoms with van der Waals surface area (Å²) in [7, 11) is -9.75. The Morgan fingerprint density at radius 3 is 1.96 bits per heavy atom. The third-order valence-electron chi connectivity index (χ3n) is 3.06. The summed E-state index contributed by atoms with van der Waals surface area (Å²) in [5.41, 5.74) is 0.457. The summed E-state index contributed by atoms with van der Waals surface area (Å²) in [6, 6.07) is 1.50. The smallest absolute Gasteiger partial charge is 0.313 e. The van der Waals surface area contributed by atoms with Crippen molar-refractivity contribution in [3.05, 3.63) is 49.1 Å². The molecular weight excluding hydrogens is 383 g/mol. The van der Waals surface area contributed by atoms with Crippen molar-refractivity contribution < 1.29 is 29.3 Å². The second kappa shape index (κ2) is 5.24. The van der Waals surface area contributed by atoms with E-state index in [0.717, 1.165) is 12.1 Å². The Hall–Kier alpha value is -3.02. The first-order chi connectivity index (χ1) is 11.9. The Balaban J connectivity index is 1.92. The van der Waals surface area contributed by atoms with E-state index in [1.165, 1.54) is 24.8 Å². The van der Waals surface area contributed by atoms with Crippen molar-refractivity contribution in [3.63, 3.8) is 0 Å². The fourth-order valence-corrected chi connectivity index (χ4v) is 2.57. The number of hydrogen-bond acceptors (Lipinski definition) is 6. The van der Waals surface area contributed by atoms with Gasteiger partial charge in [-0.3, -0.25) is 0 Å². The largest absolute Gasteiger partial charge is 0.479 e. The highest BCUT2D eigenvalue weighted by Gasteiger charge is 2.65. The van der Waals surface area contributed by atoms with Crippen LogP contribution in [0, 0.1) is 0 Å². The van der Waals surface area contributed by atoms with Gasteiger partial charge >= 0.3 is 16.2 Å². The van der Waals surface area contributed by atoms with Crippen LogP contribution in [0.4, 0.5) is 19.4 Å². The van der Waals surface area contributed by atoms with Gasteiger partial charge in [0.2, 0.25) is 5.88 Å². The predicted octanol–water partition coefficient (Wildman–Crippen LogP) is 5.09. The Bertz CT molecular complexity index is 951. The van der Waals surface area contributed by atoms with Gasteiger partial charge < -0.3 is 9.84 Å². The van der Waals surface area contributed by atoms with Crippen LogP contribution in [0.5, 0.6) is 17.6 Å². The molecule has 1 aromatic carbocycles. The van der Waals surface area contributed by atoms with E-state index >= 15 is 0 Å². The molecule has 0 unspecified atom stereocenters. The maximum absolute atomic E-state index is 12.7. The summed E-state index contributed by atoms with van der Waals surface area (Å²) in [5, 5.41) is 9.10. The molecule has 138 valence electrons. The topological polar surface area (TPSA) is 81.0 Å². The molecule has 0 aliphatic heterocycles. The van der Waals surface area contributed by atoms with Crippen LogP contribution in [0.25, 0.3) is 11.3 Å². The zero-order valence-corrected chi connectivity index (χ0v) is 13.4. The SMILES string of the molecule is Oc1ncc(-c2nccnc2Oc2ccc(S(F)(F)(F)(F)F)cc2)cn1. The Morgan fingerprint density at radius 2 is 1.38 bits per heavy atom. The molecule has 0 saturated carbocycles. The van der Waals surface area contributed by atoms with E-state index in [2.05, 4.69) is 19.9 Å². The average Bonchev–Trinajstić information content (AvgIpc) is 2.55. The molecule has 0 aliphatic carbocycles. The quantitative estimate of drug-likeness (QED) is 0.623. The molecule has 0 bridgehead atoms. The van der Waals surface area contributed by atoms with Gasteiger partial charge in [0.1, 0.15) is 16.3 Å². The van der Waals surface area contributed by atoms with Crippen LogP contribution in [0.1, 0.15) is 0 Å². The number of nitrogens with zero attached hydrogens (tertiary/aromatic N) is 4. The van der Waals surface area contributed by atoms with E-state index < -0.39 is 21.1 Å². The fourth-order valence-electron chi connectivity index (χ4n) is 1.92.